The van der Waals surface area contributed by atoms with Crippen LogP contribution in [0.5, 0.6) is 11.5 Å². The van der Waals surface area contributed by atoms with Gasteiger partial charge in [0.05, 0.1) is 5.69 Å². The molecule has 1 aliphatic rings. The normalized spacial score (nSPS) is 13.6. The Bertz CT molecular complexity index is 797. The molecule has 0 saturated carbocycles. The van der Waals surface area contributed by atoms with Crippen LogP contribution in [0.4, 0.5) is 23.2 Å². The second-order valence-electron chi connectivity index (χ2n) is 5.33. The van der Waals surface area contributed by atoms with Crippen LogP contribution in [0.25, 0.3) is 0 Å². The first-order valence-corrected chi connectivity index (χ1v) is 7.56. The van der Waals surface area contributed by atoms with E-state index in [1.165, 1.54) is 0 Å². The Kier molecular flexibility index (Phi) is 5.26. The van der Waals surface area contributed by atoms with E-state index in [1.54, 1.807) is 0 Å². The first-order valence-electron chi connectivity index (χ1n) is 7.56. The van der Waals surface area contributed by atoms with Crippen molar-refractivity contribution in [2.75, 3.05) is 11.9 Å². The van der Waals surface area contributed by atoms with Gasteiger partial charge in [-0.05, 0) is 12.1 Å². The molecule has 7 nitrogen and oxygen atoms in total. The van der Waals surface area contributed by atoms with Crippen LogP contribution in [0.3, 0.4) is 0 Å². The van der Waals surface area contributed by atoms with E-state index in [9.17, 15) is 22.4 Å². The van der Waals surface area contributed by atoms with Gasteiger partial charge in [0.15, 0.2) is 11.4 Å². The van der Waals surface area contributed by atoms with Gasteiger partial charge in [-0.2, -0.15) is 22.7 Å². The van der Waals surface area contributed by atoms with E-state index in [0.29, 0.717) is 18.5 Å². The Labute approximate surface area is 144 Å². The molecule has 0 saturated heterocycles. The van der Waals surface area contributed by atoms with Gasteiger partial charge in [0.25, 0.3) is 5.91 Å². The van der Waals surface area contributed by atoms with Gasteiger partial charge in [-0.1, -0.05) is 0 Å². The zero-order chi connectivity index (χ0) is 18.7. The van der Waals surface area contributed by atoms with Crippen molar-refractivity contribution in [2.45, 2.75) is 26.2 Å². The number of ether oxygens (including phenoxy) is 2. The van der Waals surface area contributed by atoms with Gasteiger partial charge < -0.3 is 20.1 Å². The SMILES string of the molecule is O=C(Nc1ccc(OC(F)F)cc1OC(F)F)c1n[nH]c2c1CNCC2. The summed E-state index contributed by atoms with van der Waals surface area (Å²) in [6.07, 6.45) is 0.676. The quantitative estimate of drug-likeness (QED) is 0.677. The number of halogens is 4. The van der Waals surface area contributed by atoms with Gasteiger partial charge >= 0.3 is 13.2 Å². The molecule has 2 heterocycles. The van der Waals surface area contributed by atoms with Gasteiger partial charge in [-0.25, -0.2) is 0 Å². The molecule has 3 N–H and O–H groups in total. The number of aromatic nitrogens is 2. The summed E-state index contributed by atoms with van der Waals surface area (Å²) in [5.74, 6) is -1.53. The standard InChI is InChI=1S/C15H14F4N4O3/c16-14(17)25-7-1-2-10(11(5-7)26-15(18)19)21-13(24)12-8-6-20-4-3-9(8)22-23-12/h1-2,5,14-15,20H,3-4,6H2,(H,21,24)(H,22,23). The molecule has 140 valence electrons. The molecule has 11 heteroatoms. The molecule has 1 aliphatic heterocycles. The van der Waals surface area contributed by atoms with E-state index in [0.717, 1.165) is 30.4 Å². The van der Waals surface area contributed by atoms with Crippen molar-refractivity contribution in [2.24, 2.45) is 0 Å². The van der Waals surface area contributed by atoms with Gasteiger partial charge in [0.2, 0.25) is 0 Å². The lowest BCUT2D eigenvalue weighted by Gasteiger charge is -2.15. The van der Waals surface area contributed by atoms with E-state index in [4.69, 9.17) is 0 Å². The van der Waals surface area contributed by atoms with Crippen molar-refractivity contribution in [3.05, 3.63) is 35.2 Å². The summed E-state index contributed by atoms with van der Waals surface area (Å²) >= 11 is 0. The van der Waals surface area contributed by atoms with Crippen LogP contribution in [-0.4, -0.2) is 35.9 Å². The Morgan fingerprint density at radius 2 is 1.96 bits per heavy atom. The molecule has 0 unspecified atom stereocenters. The lowest BCUT2D eigenvalue weighted by atomic mass is 10.1. The number of alkyl halides is 4. The molecule has 0 bridgehead atoms. The molecular weight excluding hydrogens is 360 g/mol. The van der Waals surface area contributed by atoms with Crippen molar-refractivity contribution in [3.8, 4) is 11.5 Å². The molecule has 1 amide bonds. The van der Waals surface area contributed by atoms with E-state index in [2.05, 4.69) is 30.3 Å². The minimum Gasteiger partial charge on any atom is -0.435 e. The van der Waals surface area contributed by atoms with Crippen molar-refractivity contribution in [3.63, 3.8) is 0 Å². The molecule has 0 aliphatic carbocycles. The number of fused-ring (bicyclic) bond motifs is 1. The lowest BCUT2D eigenvalue weighted by Crippen LogP contribution is -2.25. The van der Waals surface area contributed by atoms with Crippen LogP contribution in [0.15, 0.2) is 18.2 Å². The summed E-state index contributed by atoms with van der Waals surface area (Å²) in [4.78, 5) is 12.4. The molecule has 26 heavy (non-hydrogen) atoms. The minimum absolute atomic E-state index is 0.114. The van der Waals surface area contributed by atoms with Crippen LogP contribution >= 0.6 is 0 Å². The van der Waals surface area contributed by atoms with Crippen molar-refractivity contribution >= 4 is 11.6 Å². The van der Waals surface area contributed by atoms with Gasteiger partial charge in [-0.15, -0.1) is 0 Å². The van der Waals surface area contributed by atoms with E-state index in [-0.39, 0.29) is 17.1 Å². The highest BCUT2D eigenvalue weighted by Gasteiger charge is 2.23. The Morgan fingerprint density at radius 1 is 1.19 bits per heavy atom. The van der Waals surface area contributed by atoms with E-state index in [1.807, 2.05) is 0 Å². The average molecular weight is 374 g/mol. The number of benzene rings is 1. The Morgan fingerprint density at radius 3 is 2.69 bits per heavy atom. The van der Waals surface area contributed by atoms with Crippen LogP contribution in [0, 0.1) is 0 Å². The molecule has 2 aromatic rings. The fraction of sp³-hybridized carbons (Fsp3) is 0.333. The predicted molar refractivity (Wildman–Crippen MR) is 81.7 cm³/mol. The van der Waals surface area contributed by atoms with Crippen LogP contribution in [0.1, 0.15) is 21.7 Å². The Balaban J connectivity index is 1.83. The third-order valence-electron chi connectivity index (χ3n) is 3.66. The second kappa shape index (κ2) is 7.60. The number of carbonyl (C=O) groups is 1. The number of H-pyrrole nitrogens is 1. The van der Waals surface area contributed by atoms with Gasteiger partial charge in [0.1, 0.15) is 5.75 Å². The Hall–Kier alpha value is -2.82. The largest absolute Gasteiger partial charge is 0.435 e. The smallest absolute Gasteiger partial charge is 0.387 e. The topological polar surface area (TPSA) is 88.3 Å². The van der Waals surface area contributed by atoms with Crippen LogP contribution in [-0.2, 0) is 13.0 Å². The zero-order valence-corrected chi connectivity index (χ0v) is 13.2. The molecule has 0 radical (unpaired) electrons. The number of carbonyl (C=O) groups excluding carboxylic acids is 1. The third-order valence-corrected chi connectivity index (χ3v) is 3.66. The molecule has 0 spiro atoms. The van der Waals surface area contributed by atoms with Crippen molar-refractivity contribution in [1.82, 2.24) is 15.5 Å². The highest BCUT2D eigenvalue weighted by Crippen LogP contribution is 2.32. The number of anilines is 1. The summed E-state index contributed by atoms with van der Waals surface area (Å²) in [5.41, 5.74) is 1.49. The maximum absolute atomic E-state index is 12.6. The number of hydrogen-bond acceptors (Lipinski definition) is 5. The second-order valence-corrected chi connectivity index (χ2v) is 5.33. The predicted octanol–water partition coefficient (Wildman–Crippen LogP) is 2.51. The monoisotopic (exact) mass is 374 g/mol. The fourth-order valence-corrected chi connectivity index (χ4v) is 2.57. The number of aromatic amines is 1. The van der Waals surface area contributed by atoms with Gasteiger partial charge in [-0.3, -0.25) is 9.89 Å². The molecule has 0 fully saturated rings. The number of nitrogens with one attached hydrogen (secondary N) is 3. The summed E-state index contributed by atoms with van der Waals surface area (Å²) in [7, 11) is 0. The van der Waals surface area contributed by atoms with Crippen molar-refractivity contribution in [1.29, 1.82) is 0 Å². The zero-order valence-electron chi connectivity index (χ0n) is 13.2. The molecular formula is C15H14F4N4O3. The van der Waals surface area contributed by atoms with E-state index >= 15 is 0 Å². The average Bonchev–Trinajstić information content (AvgIpc) is 3.00. The highest BCUT2D eigenvalue weighted by atomic mass is 19.3. The van der Waals surface area contributed by atoms with Crippen LogP contribution < -0.4 is 20.1 Å². The molecule has 1 aromatic carbocycles. The first-order chi connectivity index (χ1) is 12.4. The lowest BCUT2D eigenvalue weighted by molar-refractivity contribution is -0.0540. The molecule has 3 rings (SSSR count). The van der Waals surface area contributed by atoms with Crippen LogP contribution in [0.2, 0.25) is 0 Å². The number of rotatable bonds is 6. The number of nitrogens with zero attached hydrogens (tertiary/aromatic N) is 1. The van der Waals surface area contributed by atoms with E-state index < -0.39 is 24.9 Å². The highest BCUT2D eigenvalue weighted by molar-refractivity contribution is 6.04. The number of amides is 1. The number of hydrogen-bond donors (Lipinski definition) is 3. The summed E-state index contributed by atoms with van der Waals surface area (Å²) < 4.78 is 58.1. The van der Waals surface area contributed by atoms with Crippen molar-refractivity contribution < 1.29 is 31.8 Å². The molecule has 0 atom stereocenters. The minimum atomic E-state index is -3.21. The summed E-state index contributed by atoms with van der Waals surface area (Å²) in [6, 6.07) is 3.07. The fourth-order valence-electron chi connectivity index (χ4n) is 2.57. The third kappa shape index (κ3) is 4.04. The first kappa shape index (κ1) is 18.0. The summed E-state index contributed by atoms with van der Waals surface area (Å²) in [6.45, 7) is -5.16. The maximum atomic E-state index is 12.6. The maximum Gasteiger partial charge on any atom is 0.387 e. The summed E-state index contributed by atoms with van der Waals surface area (Å²) in [5, 5.41) is 12.2. The molecule has 1 aromatic heterocycles. The van der Waals surface area contributed by atoms with Gasteiger partial charge in [0, 0.05) is 36.8 Å².